The van der Waals surface area contributed by atoms with Crippen molar-refractivity contribution in [2.24, 2.45) is 0 Å². The van der Waals surface area contributed by atoms with Crippen molar-refractivity contribution in [1.82, 2.24) is 20.2 Å². The molecule has 0 bridgehead atoms. The van der Waals surface area contributed by atoms with Crippen LogP contribution in [0.15, 0.2) is 48.8 Å². The van der Waals surface area contributed by atoms with Crippen LogP contribution in [-0.4, -0.2) is 20.2 Å². The third kappa shape index (κ3) is 1.23. The highest BCUT2D eigenvalue weighted by Crippen LogP contribution is 2.38. The zero-order chi connectivity index (χ0) is 11.9. The van der Waals surface area contributed by atoms with Crippen LogP contribution in [0.5, 0.6) is 0 Å². The van der Waals surface area contributed by atoms with E-state index in [0.717, 1.165) is 12.1 Å². The van der Waals surface area contributed by atoms with Gasteiger partial charge in [0.15, 0.2) is 6.33 Å². The van der Waals surface area contributed by atoms with E-state index in [9.17, 15) is 0 Å². The predicted octanol–water partition coefficient (Wildman–Crippen LogP) is 2.23. The lowest BCUT2D eigenvalue weighted by atomic mass is 10.1. The number of benzene rings is 2. The molecular formula is C14H10N4. The first kappa shape index (κ1) is 9.53. The molecule has 0 fully saturated rings. The Morgan fingerprint density at radius 2 is 1.83 bits per heavy atom. The summed E-state index contributed by atoms with van der Waals surface area (Å²) in [5.41, 5.74) is 6.24. The molecule has 86 valence electrons. The van der Waals surface area contributed by atoms with Gasteiger partial charge in [0.1, 0.15) is 0 Å². The Bertz CT molecular complexity index is 716. The smallest absolute Gasteiger partial charge is 0.135 e. The highest BCUT2D eigenvalue weighted by molar-refractivity contribution is 5.79. The van der Waals surface area contributed by atoms with Gasteiger partial charge in [-0.15, -0.1) is 15.0 Å². The molecule has 3 aromatic rings. The topological polar surface area (TPSA) is 43.6 Å². The third-order valence-electron chi connectivity index (χ3n) is 3.39. The molecule has 0 saturated heterocycles. The van der Waals surface area contributed by atoms with Crippen LogP contribution in [-0.2, 0) is 6.42 Å². The number of hydrogen-bond donors (Lipinski definition) is 0. The van der Waals surface area contributed by atoms with Crippen LogP contribution in [0.4, 0.5) is 0 Å². The van der Waals surface area contributed by atoms with Crippen molar-refractivity contribution >= 4 is 0 Å². The molecule has 0 spiro atoms. The van der Waals surface area contributed by atoms with Crippen LogP contribution >= 0.6 is 0 Å². The lowest BCUT2D eigenvalue weighted by Crippen LogP contribution is -2.02. The Hall–Kier alpha value is -2.49. The second-order valence-corrected chi connectivity index (χ2v) is 4.36. The summed E-state index contributed by atoms with van der Waals surface area (Å²) in [6.45, 7) is 0. The molecule has 0 radical (unpaired) electrons. The molecule has 0 N–H and O–H groups in total. The van der Waals surface area contributed by atoms with Crippen LogP contribution in [0.25, 0.3) is 16.8 Å². The standard InChI is InChI=1S/C14H10N4/c1-2-5-11-10(4-1)8-13-12(11)6-3-7-14(13)18-16-9-15-17-18/h1-7,9H,8H2. The Morgan fingerprint density at radius 3 is 2.72 bits per heavy atom. The molecule has 0 amide bonds. The monoisotopic (exact) mass is 234 g/mol. The minimum Gasteiger partial charge on any atom is -0.135 e. The van der Waals surface area contributed by atoms with E-state index in [-0.39, 0.29) is 0 Å². The average molecular weight is 234 g/mol. The zero-order valence-electron chi connectivity index (χ0n) is 9.61. The van der Waals surface area contributed by atoms with Crippen LogP contribution in [0.1, 0.15) is 11.1 Å². The van der Waals surface area contributed by atoms with Gasteiger partial charge in [0.05, 0.1) is 5.69 Å². The van der Waals surface area contributed by atoms with E-state index in [2.05, 4.69) is 45.7 Å². The van der Waals surface area contributed by atoms with Crippen molar-refractivity contribution in [1.29, 1.82) is 0 Å². The van der Waals surface area contributed by atoms with Crippen molar-refractivity contribution in [3.8, 4) is 16.8 Å². The summed E-state index contributed by atoms with van der Waals surface area (Å²) in [5, 5.41) is 11.9. The van der Waals surface area contributed by atoms with Gasteiger partial charge in [-0.25, -0.2) is 0 Å². The molecule has 4 nitrogen and oxygen atoms in total. The Morgan fingerprint density at radius 1 is 0.944 bits per heavy atom. The second kappa shape index (κ2) is 3.50. The van der Waals surface area contributed by atoms with E-state index in [0.29, 0.717) is 0 Å². The summed E-state index contributed by atoms with van der Waals surface area (Å²) in [4.78, 5) is 1.59. The van der Waals surface area contributed by atoms with Crippen molar-refractivity contribution in [3.05, 3.63) is 59.9 Å². The average Bonchev–Trinajstić information content (AvgIpc) is 3.05. The predicted molar refractivity (Wildman–Crippen MR) is 67.4 cm³/mol. The first-order valence-electron chi connectivity index (χ1n) is 5.87. The number of aromatic nitrogens is 4. The molecule has 0 saturated carbocycles. The SMILES string of the molecule is c1ccc2c(c1)Cc1c-2cccc1-n1ncnn1. The molecule has 18 heavy (non-hydrogen) atoms. The Labute approximate surface area is 104 Å². The maximum absolute atomic E-state index is 4.12. The molecule has 2 aromatic carbocycles. The highest BCUT2D eigenvalue weighted by Gasteiger charge is 2.21. The zero-order valence-corrected chi connectivity index (χ0v) is 9.61. The lowest BCUT2D eigenvalue weighted by Gasteiger charge is -2.05. The summed E-state index contributed by atoms with van der Waals surface area (Å²) >= 11 is 0. The molecular weight excluding hydrogens is 224 g/mol. The fourth-order valence-electron chi connectivity index (χ4n) is 2.61. The van der Waals surface area contributed by atoms with E-state index in [1.807, 2.05) is 12.1 Å². The van der Waals surface area contributed by atoms with Gasteiger partial charge in [-0.3, -0.25) is 0 Å². The fraction of sp³-hybridized carbons (Fsp3) is 0.0714. The minimum atomic E-state index is 0.934. The highest BCUT2D eigenvalue weighted by atomic mass is 15.6. The maximum Gasteiger partial charge on any atom is 0.162 e. The number of tetrazole rings is 1. The molecule has 0 aliphatic heterocycles. The largest absolute Gasteiger partial charge is 0.162 e. The summed E-state index contributed by atoms with van der Waals surface area (Å²) in [6, 6.07) is 14.7. The maximum atomic E-state index is 4.12. The van der Waals surface area contributed by atoms with Crippen molar-refractivity contribution in [3.63, 3.8) is 0 Å². The van der Waals surface area contributed by atoms with Crippen LogP contribution in [0.3, 0.4) is 0 Å². The van der Waals surface area contributed by atoms with Crippen LogP contribution in [0.2, 0.25) is 0 Å². The number of nitrogens with zero attached hydrogens (tertiary/aromatic N) is 4. The normalized spacial score (nSPS) is 12.2. The molecule has 0 unspecified atom stereocenters. The van der Waals surface area contributed by atoms with E-state index < -0.39 is 0 Å². The molecule has 0 atom stereocenters. The number of rotatable bonds is 1. The fourth-order valence-corrected chi connectivity index (χ4v) is 2.61. The number of fused-ring (bicyclic) bond motifs is 3. The molecule has 1 aliphatic carbocycles. The van der Waals surface area contributed by atoms with E-state index in [1.54, 1.807) is 4.80 Å². The van der Waals surface area contributed by atoms with E-state index in [4.69, 9.17) is 0 Å². The van der Waals surface area contributed by atoms with Gasteiger partial charge in [-0.2, -0.15) is 0 Å². The first-order chi connectivity index (χ1) is 8.93. The van der Waals surface area contributed by atoms with E-state index >= 15 is 0 Å². The van der Waals surface area contributed by atoms with E-state index in [1.165, 1.54) is 28.6 Å². The van der Waals surface area contributed by atoms with Gasteiger partial charge in [0.2, 0.25) is 0 Å². The van der Waals surface area contributed by atoms with Crippen molar-refractivity contribution < 1.29 is 0 Å². The van der Waals surface area contributed by atoms with Gasteiger partial charge in [0.25, 0.3) is 0 Å². The molecule has 4 heteroatoms. The van der Waals surface area contributed by atoms with Gasteiger partial charge >= 0.3 is 0 Å². The minimum absolute atomic E-state index is 0.934. The summed E-state index contributed by atoms with van der Waals surface area (Å²) < 4.78 is 0. The van der Waals surface area contributed by atoms with Crippen molar-refractivity contribution in [2.75, 3.05) is 0 Å². The first-order valence-corrected chi connectivity index (χ1v) is 5.87. The van der Waals surface area contributed by atoms with Gasteiger partial charge < -0.3 is 0 Å². The third-order valence-corrected chi connectivity index (χ3v) is 3.39. The van der Waals surface area contributed by atoms with Crippen LogP contribution < -0.4 is 0 Å². The Kier molecular flexibility index (Phi) is 1.85. The van der Waals surface area contributed by atoms with Gasteiger partial charge in [-0.05, 0) is 33.5 Å². The number of hydrogen-bond acceptors (Lipinski definition) is 3. The summed E-state index contributed by atoms with van der Waals surface area (Å²) in [7, 11) is 0. The molecule has 1 heterocycles. The quantitative estimate of drug-likeness (QED) is 0.507. The van der Waals surface area contributed by atoms with Crippen molar-refractivity contribution in [2.45, 2.75) is 6.42 Å². The molecule has 1 aliphatic rings. The Balaban J connectivity index is 1.97. The second-order valence-electron chi connectivity index (χ2n) is 4.36. The molecule has 1 aromatic heterocycles. The molecule has 4 rings (SSSR count). The van der Waals surface area contributed by atoms with Gasteiger partial charge in [-0.1, -0.05) is 36.4 Å². The summed E-state index contributed by atoms with van der Waals surface area (Å²) in [5.74, 6) is 0. The lowest BCUT2D eigenvalue weighted by molar-refractivity contribution is 0.714. The summed E-state index contributed by atoms with van der Waals surface area (Å²) in [6.07, 6.45) is 2.39. The van der Waals surface area contributed by atoms with Gasteiger partial charge in [0, 0.05) is 6.42 Å². The van der Waals surface area contributed by atoms with Crippen LogP contribution in [0, 0.1) is 0 Å².